The number of rotatable bonds is 7. The maximum Gasteiger partial charge on any atom is 0.253 e. The van der Waals surface area contributed by atoms with Crippen LogP contribution in [0.2, 0.25) is 0 Å². The van der Waals surface area contributed by atoms with Crippen molar-refractivity contribution < 1.29 is 13.4 Å². The molecule has 0 fully saturated rings. The van der Waals surface area contributed by atoms with Gasteiger partial charge in [0.25, 0.3) is 5.91 Å². The lowest BCUT2D eigenvalue weighted by Crippen LogP contribution is -2.28. The maximum atomic E-state index is 13.7. The molecule has 0 bridgehead atoms. The summed E-state index contributed by atoms with van der Waals surface area (Å²) < 4.78 is 24.9. The average Bonchev–Trinajstić information content (AvgIpc) is 2.40. The second-order valence-corrected chi connectivity index (χ2v) is 6.35. The molecule has 20 heavy (non-hydrogen) atoms. The third-order valence-corrected chi connectivity index (χ3v) is 4.38. The molecule has 0 aliphatic rings. The quantitative estimate of drug-likeness (QED) is 0.811. The lowest BCUT2D eigenvalue weighted by Gasteiger charge is -2.13. The Kier molecular flexibility index (Phi) is 6.64. The second-order valence-electron chi connectivity index (χ2n) is 4.55. The van der Waals surface area contributed by atoms with Crippen LogP contribution in [0, 0.1) is 5.82 Å². The fraction of sp³-hybridized carbons (Fsp3) is 0.500. The Bertz CT molecular complexity index is 494. The van der Waals surface area contributed by atoms with Crippen LogP contribution >= 0.6 is 0 Å². The second kappa shape index (κ2) is 7.99. The van der Waals surface area contributed by atoms with Crippen molar-refractivity contribution in [2.75, 3.05) is 24.7 Å². The Labute approximate surface area is 121 Å². The first-order valence-corrected chi connectivity index (χ1v) is 8.22. The maximum absolute atomic E-state index is 13.7. The van der Waals surface area contributed by atoms with E-state index in [1.807, 2.05) is 13.8 Å². The van der Waals surface area contributed by atoms with Gasteiger partial charge in [0.15, 0.2) is 0 Å². The zero-order valence-electron chi connectivity index (χ0n) is 12.0. The van der Waals surface area contributed by atoms with Crippen molar-refractivity contribution in [2.24, 2.45) is 0 Å². The standard InChI is InChI=1S/C14H21FN2O2S/c1-4-16-13-11(6-5-7-12(13)15)14(18)17-9-8-10(2)20(3)19/h5-7,10,16H,4,8-9H2,1-3H3,(H,17,18). The highest BCUT2D eigenvalue weighted by atomic mass is 32.2. The summed E-state index contributed by atoms with van der Waals surface area (Å²) in [6, 6.07) is 4.41. The summed E-state index contributed by atoms with van der Waals surface area (Å²) in [7, 11) is -0.904. The molecule has 2 atom stereocenters. The van der Waals surface area contributed by atoms with E-state index >= 15 is 0 Å². The van der Waals surface area contributed by atoms with Gasteiger partial charge in [0, 0.05) is 35.4 Å². The molecule has 0 aliphatic carbocycles. The van der Waals surface area contributed by atoms with Crippen LogP contribution in [0.3, 0.4) is 0 Å². The monoisotopic (exact) mass is 300 g/mol. The van der Waals surface area contributed by atoms with Gasteiger partial charge in [-0.3, -0.25) is 9.00 Å². The Morgan fingerprint density at radius 2 is 2.15 bits per heavy atom. The third kappa shape index (κ3) is 4.59. The summed E-state index contributed by atoms with van der Waals surface area (Å²) in [5, 5.41) is 5.61. The van der Waals surface area contributed by atoms with Gasteiger partial charge in [0.2, 0.25) is 0 Å². The summed E-state index contributed by atoms with van der Waals surface area (Å²) in [6.07, 6.45) is 2.27. The van der Waals surface area contributed by atoms with Crippen LogP contribution in [0.15, 0.2) is 18.2 Å². The SMILES string of the molecule is CCNc1c(F)cccc1C(=O)NCCC(C)S(C)=O. The van der Waals surface area contributed by atoms with E-state index in [0.717, 1.165) is 0 Å². The minimum absolute atomic E-state index is 0.0241. The van der Waals surface area contributed by atoms with Crippen LogP contribution in [0.25, 0.3) is 0 Å². The van der Waals surface area contributed by atoms with Crippen molar-refractivity contribution in [2.45, 2.75) is 25.5 Å². The van der Waals surface area contributed by atoms with Crippen molar-refractivity contribution >= 4 is 22.4 Å². The van der Waals surface area contributed by atoms with Crippen molar-refractivity contribution in [3.63, 3.8) is 0 Å². The number of benzene rings is 1. The molecule has 2 N–H and O–H groups in total. The molecule has 1 rings (SSSR count). The third-order valence-electron chi connectivity index (χ3n) is 3.01. The molecule has 1 amide bonds. The molecular weight excluding hydrogens is 279 g/mol. The lowest BCUT2D eigenvalue weighted by molar-refractivity contribution is 0.0953. The Morgan fingerprint density at radius 3 is 2.75 bits per heavy atom. The zero-order valence-corrected chi connectivity index (χ0v) is 12.8. The Morgan fingerprint density at radius 1 is 1.45 bits per heavy atom. The normalized spacial score (nSPS) is 13.6. The fourth-order valence-electron chi connectivity index (χ4n) is 1.72. The number of halogens is 1. The molecular formula is C14H21FN2O2S. The van der Waals surface area contributed by atoms with Gasteiger partial charge >= 0.3 is 0 Å². The lowest BCUT2D eigenvalue weighted by atomic mass is 10.1. The van der Waals surface area contributed by atoms with Gasteiger partial charge in [0.05, 0.1) is 11.3 Å². The van der Waals surface area contributed by atoms with Crippen molar-refractivity contribution in [1.29, 1.82) is 0 Å². The Hall–Kier alpha value is -1.43. The molecule has 1 aromatic carbocycles. The van der Waals surface area contributed by atoms with Gasteiger partial charge in [-0.1, -0.05) is 13.0 Å². The predicted molar refractivity (Wildman–Crippen MR) is 81.0 cm³/mol. The minimum atomic E-state index is -0.904. The van der Waals surface area contributed by atoms with E-state index < -0.39 is 16.6 Å². The van der Waals surface area contributed by atoms with E-state index in [9.17, 15) is 13.4 Å². The molecule has 1 aromatic rings. The van der Waals surface area contributed by atoms with Crippen LogP contribution in [0.1, 0.15) is 30.6 Å². The number of para-hydroxylation sites is 1. The van der Waals surface area contributed by atoms with Crippen molar-refractivity contribution in [1.82, 2.24) is 5.32 Å². The number of nitrogens with one attached hydrogen (secondary N) is 2. The van der Waals surface area contributed by atoms with Crippen molar-refractivity contribution in [3.05, 3.63) is 29.6 Å². The molecule has 0 radical (unpaired) electrons. The summed E-state index contributed by atoms with van der Waals surface area (Å²) in [6.45, 7) is 4.66. The highest BCUT2D eigenvalue weighted by molar-refractivity contribution is 7.84. The number of hydrogen-bond donors (Lipinski definition) is 2. The molecule has 112 valence electrons. The van der Waals surface area contributed by atoms with E-state index in [1.54, 1.807) is 12.3 Å². The van der Waals surface area contributed by atoms with Gasteiger partial charge in [-0.05, 0) is 25.5 Å². The molecule has 6 heteroatoms. The van der Waals surface area contributed by atoms with Crippen LogP contribution in [0.4, 0.5) is 10.1 Å². The smallest absolute Gasteiger partial charge is 0.253 e. The van der Waals surface area contributed by atoms with E-state index in [0.29, 0.717) is 19.5 Å². The largest absolute Gasteiger partial charge is 0.382 e. The molecule has 0 saturated heterocycles. The first-order valence-electron chi connectivity index (χ1n) is 6.60. The number of carbonyl (C=O) groups excluding carboxylic acids is 1. The van der Waals surface area contributed by atoms with Gasteiger partial charge in [0.1, 0.15) is 5.82 Å². The Balaban J connectivity index is 2.68. The first kappa shape index (κ1) is 16.6. The summed E-state index contributed by atoms with van der Waals surface area (Å²) in [5.74, 6) is -0.767. The summed E-state index contributed by atoms with van der Waals surface area (Å²) >= 11 is 0. The molecule has 0 heterocycles. The molecule has 0 aromatic heterocycles. The van der Waals surface area contributed by atoms with Crippen molar-refractivity contribution in [3.8, 4) is 0 Å². The summed E-state index contributed by atoms with van der Waals surface area (Å²) in [5.41, 5.74) is 0.511. The van der Waals surface area contributed by atoms with Crippen LogP contribution in [-0.2, 0) is 10.8 Å². The van der Waals surface area contributed by atoms with E-state index in [2.05, 4.69) is 10.6 Å². The van der Waals surface area contributed by atoms with E-state index in [4.69, 9.17) is 0 Å². The number of hydrogen-bond acceptors (Lipinski definition) is 3. The van der Waals surface area contributed by atoms with E-state index in [1.165, 1.54) is 12.1 Å². The van der Waals surface area contributed by atoms with Crippen LogP contribution in [-0.4, -0.2) is 34.7 Å². The fourth-order valence-corrected chi connectivity index (χ4v) is 2.17. The first-order chi connectivity index (χ1) is 9.47. The number of carbonyl (C=O) groups is 1. The average molecular weight is 300 g/mol. The molecule has 0 saturated carbocycles. The molecule has 2 unspecified atom stereocenters. The highest BCUT2D eigenvalue weighted by Crippen LogP contribution is 2.19. The molecule has 0 aliphatic heterocycles. The van der Waals surface area contributed by atoms with Crippen LogP contribution < -0.4 is 10.6 Å². The van der Waals surface area contributed by atoms with Gasteiger partial charge < -0.3 is 10.6 Å². The zero-order chi connectivity index (χ0) is 15.1. The molecule has 0 spiro atoms. The van der Waals surface area contributed by atoms with E-state index in [-0.39, 0.29) is 22.4 Å². The highest BCUT2D eigenvalue weighted by Gasteiger charge is 2.14. The summed E-state index contributed by atoms with van der Waals surface area (Å²) in [4.78, 5) is 12.1. The van der Waals surface area contributed by atoms with Gasteiger partial charge in [-0.2, -0.15) is 0 Å². The predicted octanol–water partition coefficient (Wildman–Crippen LogP) is 2.14. The molecule has 4 nitrogen and oxygen atoms in total. The topological polar surface area (TPSA) is 58.2 Å². The van der Waals surface area contributed by atoms with Gasteiger partial charge in [-0.15, -0.1) is 0 Å². The van der Waals surface area contributed by atoms with Gasteiger partial charge in [-0.25, -0.2) is 4.39 Å². The minimum Gasteiger partial charge on any atom is -0.382 e. The van der Waals surface area contributed by atoms with Crippen LogP contribution in [0.5, 0.6) is 0 Å². The number of anilines is 1. The number of amides is 1.